The van der Waals surface area contributed by atoms with Crippen molar-refractivity contribution < 1.29 is 19.7 Å². The minimum Gasteiger partial charge on any atom is -0.469 e. The Balaban J connectivity index is 1.60. The van der Waals surface area contributed by atoms with E-state index in [0.717, 1.165) is 49.7 Å². The lowest BCUT2D eigenvalue weighted by Crippen LogP contribution is -2.33. The summed E-state index contributed by atoms with van der Waals surface area (Å²) >= 11 is 6.56. The van der Waals surface area contributed by atoms with Crippen molar-refractivity contribution in [1.82, 2.24) is 0 Å². The van der Waals surface area contributed by atoms with E-state index in [-0.39, 0.29) is 23.2 Å². The summed E-state index contributed by atoms with van der Waals surface area (Å²) < 4.78 is 4.64. The van der Waals surface area contributed by atoms with Crippen LogP contribution in [0.5, 0.6) is 0 Å². The molecule has 3 rings (SSSR count). The van der Waals surface area contributed by atoms with Crippen molar-refractivity contribution in [3.05, 3.63) is 47.5 Å². The van der Waals surface area contributed by atoms with Crippen LogP contribution in [0.15, 0.2) is 36.4 Å². The van der Waals surface area contributed by atoms with Gasteiger partial charge in [0.2, 0.25) is 0 Å². The Hall–Kier alpha value is -1.36. The van der Waals surface area contributed by atoms with E-state index in [9.17, 15) is 15.0 Å². The number of hydrogen-bond donors (Lipinski definition) is 2. The van der Waals surface area contributed by atoms with Gasteiger partial charge in [-0.1, -0.05) is 36.4 Å². The molecule has 154 valence electrons. The second kappa shape index (κ2) is 9.43. The van der Waals surface area contributed by atoms with Crippen molar-refractivity contribution in [2.24, 2.45) is 5.92 Å². The number of aliphatic hydroxyl groups is 2. The van der Waals surface area contributed by atoms with Crippen LogP contribution in [0, 0.1) is 5.92 Å². The molecule has 5 heteroatoms. The van der Waals surface area contributed by atoms with E-state index in [1.54, 1.807) is 0 Å². The number of carbonyl (C=O) groups excluding carboxylic acids is 1. The first-order valence-electron chi connectivity index (χ1n) is 10.3. The molecular formula is C23H31ClO4. The molecule has 1 aromatic rings. The number of alkyl halides is 1. The number of hydrogen-bond acceptors (Lipinski definition) is 4. The van der Waals surface area contributed by atoms with Crippen LogP contribution in [-0.2, 0) is 15.1 Å². The molecule has 0 aliphatic heterocycles. The fraction of sp³-hybridized carbons (Fsp3) is 0.609. The van der Waals surface area contributed by atoms with E-state index >= 15 is 0 Å². The number of rotatable bonds is 8. The van der Waals surface area contributed by atoms with Gasteiger partial charge in [0.1, 0.15) is 0 Å². The van der Waals surface area contributed by atoms with Crippen molar-refractivity contribution in [1.29, 1.82) is 0 Å². The zero-order valence-electron chi connectivity index (χ0n) is 16.5. The van der Waals surface area contributed by atoms with Crippen LogP contribution in [0.2, 0.25) is 0 Å². The highest BCUT2D eigenvalue weighted by molar-refractivity contribution is 6.21. The molecule has 4 nitrogen and oxygen atoms in total. The van der Waals surface area contributed by atoms with E-state index in [0.29, 0.717) is 12.8 Å². The third-order valence-electron chi connectivity index (χ3n) is 6.37. The van der Waals surface area contributed by atoms with E-state index < -0.39 is 11.7 Å². The molecule has 0 saturated heterocycles. The molecule has 1 aromatic carbocycles. The Morgan fingerprint density at radius 2 is 2.00 bits per heavy atom. The molecule has 0 bridgehead atoms. The first-order chi connectivity index (χ1) is 13.4. The number of halogens is 1. The molecule has 0 radical (unpaired) electrons. The zero-order valence-corrected chi connectivity index (χ0v) is 17.3. The summed E-state index contributed by atoms with van der Waals surface area (Å²) in [5, 5.41) is 21.0. The summed E-state index contributed by atoms with van der Waals surface area (Å²) in [5.74, 6) is 0.00155. The number of ether oxygens (including phenoxy) is 1. The summed E-state index contributed by atoms with van der Waals surface area (Å²) in [4.78, 5) is 11.1. The van der Waals surface area contributed by atoms with Gasteiger partial charge in [-0.3, -0.25) is 4.79 Å². The molecule has 0 aromatic heterocycles. The predicted molar refractivity (Wildman–Crippen MR) is 110 cm³/mol. The Labute approximate surface area is 172 Å². The van der Waals surface area contributed by atoms with Gasteiger partial charge in [0, 0.05) is 17.7 Å². The molecule has 28 heavy (non-hydrogen) atoms. The van der Waals surface area contributed by atoms with Gasteiger partial charge in [-0.25, -0.2) is 0 Å². The molecule has 2 aliphatic carbocycles. The van der Waals surface area contributed by atoms with Crippen molar-refractivity contribution in [2.45, 2.75) is 74.4 Å². The fourth-order valence-electron chi connectivity index (χ4n) is 4.48. The van der Waals surface area contributed by atoms with Gasteiger partial charge in [0.15, 0.2) is 0 Å². The van der Waals surface area contributed by atoms with Gasteiger partial charge in [-0.2, -0.15) is 0 Å². The Morgan fingerprint density at radius 3 is 2.61 bits per heavy atom. The number of aliphatic hydroxyl groups excluding tert-OH is 1. The van der Waals surface area contributed by atoms with E-state index in [2.05, 4.69) is 16.9 Å². The second-order valence-electron chi connectivity index (χ2n) is 8.19. The maximum Gasteiger partial charge on any atom is 0.305 e. The fourth-order valence-corrected chi connectivity index (χ4v) is 4.92. The van der Waals surface area contributed by atoms with Crippen LogP contribution in [0.4, 0.5) is 0 Å². The van der Waals surface area contributed by atoms with Crippen LogP contribution >= 0.6 is 11.6 Å². The quantitative estimate of drug-likeness (QED) is 0.290. The Morgan fingerprint density at radius 1 is 1.29 bits per heavy atom. The molecule has 0 unspecified atom stereocenters. The third kappa shape index (κ3) is 4.79. The minimum atomic E-state index is -0.659. The van der Waals surface area contributed by atoms with Gasteiger partial charge in [0.25, 0.3) is 0 Å². The summed E-state index contributed by atoms with van der Waals surface area (Å²) in [7, 11) is 1.41. The van der Waals surface area contributed by atoms with Gasteiger partial charge < -0.3 is 14.9 Å². The monoisotopic (exact) mass is 406 g/mol. The van der Waals surface area contributed by atoms with Crippen LogP contribution in [0.25, 0.3) is 0 Å². The molecule has 2 aliphatic rings. The van der Waals surface area contributed by atoms with Crippen molar-refractivity contribution in [3.63, 3.8) is 0 Å². The smallest absolute Gasteiger partial charge is 0.305 e. The summed E-state index contributed by atoms with van der Waals surface area (Å²) in [6.07, 6.45) is 9.92. The van der Waals surface area contributed by atoms with Crippen LogP contribution in [-0.4, -0.2) is 34.8 Å². The highest BCUT2D eigenvalue weighted by atomic mass is 35.5. The zero-order chi connectivity index (χ0) is 20.1. The molecular weight excluding hydrogens is 376 g/mol. The topological polar surface area (TPSA) is 66.8 Å². The highest BCUT2D eigenvalue weighted by Crippen LogP contribution is 2.46. The minimum absolute atomic E-state index is 0.00676. The number of carbonyl (C=O) groups is 1. The molecule has 0 spiro atoms. The largest absolute Gasteiger partial charge is 0.469 e. The maximum absolute atomic E-state index is 11.1. The van der Waals surface area contributed by atoms with E-state index in [1.807, 2.05) is 24.3 Å². The third-order valence-corrected chi connectivity index (χ3v) is 6.88. The summed E-state index contributed by atoms with van der Waals surface area (Å²) in [5.41, 5.74) is 1.40. The number of unbranched alkanes of at least 4 members (excludes halogenated alkanes) is 1. The van der Waals surface area contributed by atoms with Crippen molar-refractivity contribution in [3.8, 4) is 0 Å². The molecule has 0 amide bonds. The highest BCUT2D eigenvalue weighted by Gasteiger charge is 2.42. The predicted octanol–water partition coefficient (Wildman–Crippen LogP) is 4.42. The number of allylic oxidation sites excluding steroid dienone is 2. The maximum atomic E-state index is 11.1. The van der Waals surface area contributed by atoms with E-state index in [4.69, 9.17) is 11.6 Å². The van der Waals surface area contributed by atoms with Gasteiger partial charge in [0.05, 0.1) is 18.8 Å². The SMILES string of the molecule is COC(=O)CCC/C=C\C[C@@H]1[C@@H](c2ccc(C3(O)CCC3)cc2)[C@H](O)C[C@H]1Cl. The second-order valence-corrected chi connectivity index (χ2v) is 8.75. The molecule has 2 fully saturated rings. The summed E-state index contributed by atoms with van der Waals surface area (Å²) in [6.45, 7) is 0. The number of benzene rings is 1. The Bertz CT molecular complexity index is 680. The van der Waals surface area contributed by atoms with Crippen molar-refractivity contribution >= 4 is 17.6 Å². The lowest BCUT2D eigenvalue weighted by atomic mass is 9.74. The van der Waals surface area contributed by atoms with Crippen molar-refractivity contribution in [2.75, 3.05) is 7.11 Å². The van der Waals surface area contributed by atoms with Crippen LogP contribution < -0.4 is 0 Å². The molecule has 0 heterocycles. The van der Waals surface area contributed by atoms with Gasteiger partial charge >= 0.3 is 5.97 Å². The molecule has 2 saturated carbocycles. The van der Waals surface area contributed by atoms with Crippen LogP contribution in [0.3, 0.4) is 0 Å². The molecule has 2 N–H and O–H groups in total. The lowest BCUT2D eigenvalue weighted by molar-refractivity contribution is -0.140. The van der Waals surface area contributed by atoms with Crippen LogP contribution in [0.1, 0.15) is 68.4 Å². The number of methoxy groups -OCH3 is 1. The average molecular weight is 407 g/mol. The van der Waals surface area contributed by atoms with Gasteiger partial charge in [-0.05, 0) is 62.0 Å². The standard InChI is InChI=1S/C23H31ClO4/c1-28-21(26)8-5-3-2-4-7-18-19(24)15-20(25)22(18)16-9-11-17(12-10-16)23(27)13-6-14-23/h2,4,9-12,18-20,22,25,27H,3,5-8,13-15H2,1H3/b4-2-/t18-,19+,20+,22+/m0/s1. The van der Waals surface area contributed by atoms with Gasteiger partial charge in [-0.15, -0.1) is 11.6 Å². The normalized spacial score (nSPS) is 29.0. The Kier molecular flexibility index (Phi) is 7.19. The molecule has 4 atom stereocenters. The summed E-state index contributed by atoms with van der Waals surface area (Å²) in [6, 6.07) is 8.09. The first-order valence-corrected chi connectivity index (χ1v) is 10.7. The lowest BCUT2D eigenvalue weighted by Gasteiger charge is -2.37. The first kappa shape index (κ1) is 21.4. The average Bonchev–Trinajstić information content (AvgIpc) is 2.95. The number of esters is 1. The van der Waals surface area contributed by atoms with E-state index in [1.165, 1.54) is 7.11 Å².